The van der Waals surface area contributed by atoms with E-state index in [1.807, 2.05) is 25.1 Å². The molecule has 0 saturated carbocycles. The molecule has 3 nitrogen and oxygen atoms in total. The first-order valence-corrected chi connectivity index (χ1v) is 8.29. The second kappa shape index (κ2) is 6.45. The van der Waals surface area contributed by atoms with Crippen LogP contribution in [0.5, 0.6) is 0 Å². The van der Waals surface area contributed by atoms with Crippen LogP contribution in [0.4, 0.5) is 0 Å². The minimum absolute atomic E-state index is 0.181. The first-order valence-electron chi connectivity index (χ1n) is 5.21. The molecule has 1 aromatic carbocycles. The van der Waals surface area contributed by atoms with E-state index in [1.54, 1.807) is 0 Å². The minimum atomic E-state index is -1.60. The van der Waals surface area contributed by atoms with Crippen molar-refractivity contribution in [2.45, 2.75) is 32.7 Å². The summed E-state index contributed by atoms with van der Waals surface area (Å²) < 4.78 is 0. The average molecular weight is 240 g/mol. The Morgan fingerprint density at radius 2 is 1.62 bits per heavy atom. The predicted molar refractivity (Wildman–Crippen MR) is 68.5 cm³/mol. The lowest BCUT2D eigenvalue weighted by molar-refractivity contribution is -0.134. The van der Waals surface area contributed by atoms with Crippen LogP contribution < -0.4 is 5.19 Å². The normalized spacial score (nSPS) is 12.3. The molecule has 1 aromatic rings. The summed E-state index contributed by atoms with van der Waals surface area (Å²) in [6.45, 7) is 7.35. The number of carbonyl (C=O) groups is 1. The van der Waals surface area contributed by atoms with E-state index in [-0.39, 0.29) is 5.73 Å². The fourth-order valence-electron chi connectivity index (χ4n) is 1.11. The maximum absolute atomic E-state index is 9.60. The number of benzene rings is 1. The molecule has 1 unspecified atom stereocenters. The fraction of sp³-hybridized carbons (Fsp3) is 0.417. The van der Waals surface area contributed by atoms with E-state index < -0.39 is 14.0 Å². The Bertz CT molecular complexity index is 316. The Kier molecular flexibility index (Phi) is 5.99. The number of aliphatic hydroxyl groups is 1. The quantitative estimate of drug-likeness (QED) is 0.772. The molecule has 0 heterocycles. The highest BCUT2D eigenvalue weighted by atomic mass is 28.3. The molecule has 1 atom stereocenters. The Labute approximate surface area is 97.8 Å². The van der Waals surface area contributed by atoms with Crippen LogP contribution >= 0.6 is 0 Å². The topological polar surface area (TPSA) is 57.5 Å². The summed E-state index contributed by atoms with van der Waals surface area (Å²) in [6, 6.07) is 10.3. The summed E-state index contributed by atoms with van der Waals surface area (Å²) >= 11 is 0. The Balaban J connectivity index is 0.000000487. The molecule has 0 aliphatic rings. The van der Waals surface area contributed by atoms with E-state index >= 15 is 0 Å². The lowest BCUT2D eigenvalue weighted by atomic mass is 10.4. The summed E-state index contributed by atoms with van der Waals surface area (Å²) in [6.07, 6.45) is 0. The van der Waals surface area contributed by atoms with E-state index in [2.05, 4.69) is 25.2 Å². The molecule has 2 N–H and O–H groups in total. The summed E-state index contributed by atoms with van der Waals surface area (Å²) in [5, 5.41) is 18.3. The van der Waals surface area contributed by atoms with Crippen molar-refractivity contribution in [2.75, 3.05) is 0 Å². The van der Waals surface area contributed by atoms with Gasteiger partial charge in [0, 0.05) is 12.7 Å². The highest BCUT2D eigenvalue weighted by Gasteiger charge is 2.28. The zero-order valence-electron chi connectivity index (χ0n) is 10.3. The van der Waals surface area contributed by atoms with Crippen LogP contribution in [0, 0.1) is 0 Å². The zero-order chi connectivity index (χ0) is 12.8. The van der Waals surface area contributed by atoms with Gasteiger partial charge in [0.05, 0.1) is 0 Å². The van der Waals surface area contributed by atoms with Gasteiger partial charge in [0.1, 0.15) is 8.07 Å². The minimum Gasteiger partial charge on any atom is -0.481 e. The van der Waals surface area contributed by atoms with E-state index in [0.29, 0.717) is 0 Å². The largest absolute Gasteiger partial charge is 0.481 e. The van der Waals surface area contributed by atoms with Crippen molar-refractivity contribution in [3.05, 3.63) is 30.3 Å². The van der Waals surface area contributed by atoms with Crippen molar-refractivity contribution in [1.82, 2.24) is 0 Å². The maximum Gasteiger partial charge on any atom is 0.300 e. The van der Waals surface area contributed by atoms with Crippen molar-refractivity contribution < 1.29 is 15.0 Å². The Hall–Kier alpha value is -1.13. The Morgan fingerprint density at radius 3 is 1.94 bits per heavy atom. The molecule has 4 heteroatoms. The van der Waals surface area contributed by atoms with Crippen LogP contribution in [-0.2, 0) is 4.79 Å². The van der Waals surface area contributed by atoms with Crippen LogP contribution in [-0.4, -0.2) is 30.0 Å². The highest BCUT2D eigenvalue weighted by Crippen LogP contribution is 2.07. The number of hydrogen-bond acceptors (Lipinski definition) is 2. The number of aliphatic carboxylic acids is 1. The molecule has 90 valence electrons. The molecule has 0 radical (unpaired) electrons. The van der Waals surface area contributed by atoms with Crippen molar-refractivity contribution in [3.8, 4) is 0 Å². The van der Waals surface area contributed by atoms with Gasteiger partial charge in [-0.3, -0.25) is 4.79 Å². The van der Waals surface area contributed by atoms with Gasteiger partial charge in [-0.2, -0.15) is 0 Å². The maximum atomic E-state index is 9.60. The number of rotatable bonds is 2. The van der Waals surface area contributed by atoms with Gasteiger partial charge in [-0.1, -0.05) is 48.6 Å². The van der Waals surface area contributed by atoms with Gasteiger partial charge >= 0.3 is 0 Å². The lowest BCUT2D eigenvalue weighted by Gasteiger charge is -2.25. The van der Waals surface area contributed by atoms with Gasteiger partial charge in [-0.15, -0.1) is 0 Å². The van der Waals surface area contributed by atoms with Gasteiger partial charge in [0.25, 0.3) is 5.97 Å². The monoisotopic (exact) mass is 240 g/mol. The lowest BCUT2D eigenvalue weighted by Crippen LogP contribution is -2.51. The summed E-state index contributed by atoms with van der Waals surface area (Å²) in [5.41, 5.74) is -0.181. The van der Waals surface area contributed by atoms with E-state index in [9.17, 15) is 5.11 Å². The average Bonchev–Trinajstić information content (AvgIpc) is 2.18. The van der Waals surface area contributed by atoms with Gasteiger partial charge < -0.3 is 10.2 Å². The van der Waals surface area contributed by atoms with E-state index in [1.165, 1.54) is 5.19 Å². The fourth-order valence-corrected chi connectivity index (χ4v) is 2.64. The van der Waals surface area contributed by atoms with Gasteiger partial charge in [-0.05, 0) is 6.92 Å². The molecule has 0 amide bonds. The molecule has 1 rings (SSSR count). The third-order valence-electron chi connectivity index (χ3n) is 2.56. The first-order chi connectivity index (χ1) is 7.28. The summed E-state index contributed by atoms with van der Waals surface area (Å²) in [5.74, 6) is -0.833. The zero-order valence-corrected chi connectivity index (χ0v) is 11.3. The number of carboxylic acid groups (broad SMARTS) is 1. The molecule has 0 bridgehead atoms. The van der Waals surface area contributed by atoms with E-state index in [4.69, 9.17) is 9.90 Å². The smallest absolute Gasteiger partial charge is 0.300 e. The molecule has 0 fully saturated rings. The molecule has 0 spiro atoms. The van der Waals surface area contributed by atoms with Crippen molar-refractivity contribution in [3.63, 3.8) is 0 Å². The molecule has 0 aliphatic carbocycles. The first kappa shape index (κ1) is 14.9. The summed E-state index contributed by atoms with van der Waals surface area (Å²) in [4.78, 5) is 9.00. The third kappa shape index (κ3) is 5.09. The molecule has 16 heavy (non-hydrogen) atoms. The third-order valence-corrected chi connectivity index (χ3v) is 6.47. The van der Waals surface area contributed by atoms with Crippen LogP contribution in [0.25, 0.3) is 0 Å². The molecule has 0 aromatic heterocycles. The van der Waals surface area contributed by atoms with E-state index in [0.717, 1.165) is 6.92 Å². The number of hydrogen-bond donors (Lipinski definition) is 2. The second-order valence-electron chi connectivity index (χ2n) is 4.28. The van der Waals surface area contributed by atoms with Crippen LogP contribution in [0.2, 0.25) is 13.1 Å². The predicted octanol–water partition coefficient (Wildman–Crippen LogP) is 1.61. The standard InChI is InChI=1S/C10H16OSi.C2H4O2/c1-9(11)12(2,3)10-7-5-4-6-8-10;1-2(3)4/h4-9,11H,1-3H3;1H3,(H,3,4). The summed E-state index contributed by atoms with van der Waals surface area (Å²) in [7, 11) is -1.60. The SMILES string of the molecule is CC(=O)O.CC(O)[Si](C)(C)c1ccccc1. The number of aliphatic hydroxyl groups excluding tert-OH is 1. The van der Waals surface area contributed by atoms with Crippen molar-refractivity contribution >= 4 is 19.2 Å². The van der Waals surface area contributed by atoms with Crippen LogP contribution in [0.3, 0.4) is 0 Å². The van der Waals surface area contributed by atoms with Gasteiger partial charge in [0.15, 0.2) is 0 Å². The molecule has 0 aliphatic heterocycles. The second-order valence-corrected chi connectivity index (χ2v) is 9.14. The molecular weight excluding hydrogens is 220 g/mol. The van der Waals surface area contributed by atoms with Crippen molar-refractivity contribution in [2.24, 2.45) is 0 Å². The van der Waals surface area contributed by atoms with Crippen LogP contribution in [0.15, 0.2) is 30.3 Å². The Morgan fingerprint density at radius 1 is 1.25 bits per heavy atom. The van der Waals surface area contributed by atoms with Gasteiger partial charge in [0.2, 0.25) is 0 Å². The highest BCUT2D eigenvalue weighted by molar-refractivity contribution is 6.90. The molecular formula is C12H20O3Si. The molecule has 0 saturated heterocycles. The van der Waals surface area contributed by atoms with Gasteiger partial charge in [-0.25, -0.2) is 0 Å². The number of carboxylic acids is 1. The van der Waals surface area contributed by atoms with Crippen molar-refractivity contribution in [1.29, 1.82) is 0 Å². The van der Waals surface area contributed by atoms with Crippen LogP contribution in [0.1, 0.15) is 13.8 Å².